The first-order chi connectivity index (χ1) is 10.6. The fourth-order valence-corrected chi connectivity index (χ4v) is 2.14. The van der Waals surface area contributed by atoms with E-state index >= 15 is 0 Å². The van der Waals surface area contributed by atoms with Crippen LogP contribution in [0.25, 0.3) is 0 Å². The van der Waals surface area contributed by atoms with Crippen LogP contribution in [-0.4, -0.2) is 43.2 Å². The fraction of sp³-hybridized carbons (Fsp3) is 0.500. The number of nitrogens with zero attached hydrogens (tertiary/aromatic N) is 1. The predicted molar refractivity (Wildman–Crippen MR) is 82.5 cm³/mol. The van der Waals surface area contributed by atoms with Crippen molar-refractivity contribution in [2.24, 2.45) is 0 Å². The number of carboxylic acid groups (broad SMARTS) is 1. The van der Waals surface area contributed by atoms with Gasteiger partial charge in [-0.15, -0.1) is 0 Å². The quantitative estimate of drug-likeness (QED) is 0.531. The molecule has 1 aromatic carbocycles. The van der Waals surface area contributed by atoms with Crippen molar-refractivity contribution < 1.29 is 24.2 Å². The molecule has 0 radical (unpaired) electrons. The van der Waals surface area contributed by atoms with E-state index in [0.717, 1.165) is 31.1 Å². The summed E-state index contributed by atoms with van der Waals surface area (Å²) in [6, 6.07) is 5.32. The third-order valence-corrected chi connectivity index (χ3v) is 3.38. The predicted octanol–water partition coefficient (Wildman–Crippen LogP) is 2.94. The van der Waals surface area contributed by atoms with Crippen molar-refractivity contribution in [3.8, 4) is 11.5 Å². The van der Waals surface area contributed by atoms with Crippen molar-refractivity contribution in [2.75, 3.05) is 20.8 Å². The molecule has 0 aromatic heterocycles. The fourth-order valence-electron chi connectivity index (χ4n) is 2.14. The van der Waals surface area contributed by atoms with Gasteiger partial charge in [-0.25, -0.2) is 4.79 Å². The van der Waals surface area contributed by atoms with Crippen LogP contribution in [0.15, 0.2) is 18.2 Å². The zero-order chi connectivity index (χ0) is 16.4. The van der Waals surface area contributed by atoms with Crippen molar-refractivity contribution >= 4 is 12.4 Å². The van der Waals surface area contributed by atoms with Crippen LogP contribution in [0.3, 0.4) is 0 Å². The number of rotatable bonds is 10. The van der Waals surface area contributed by atoms with Crippen molar-refractivity contribution in [3.63, 3.8) is 0 Å². The van der Waals surface area contributed by atoms with Gasteiger partial charge in [0.1, 0.15) is 17.8 Å². The van der Waals surface area contributed by atoms with E-state index in [4.69, 9.17) is 9.47 Å². The number of amides is 1. The molecule has 0 aliphatic heterocycles. The minimum atomic E-state index is -0.965. The van der Waals surface area contributed by atoms with Gasteiger partial charge >= 0.3 is 6.09 Å². The van der Waals surface area contributed by atoms with Gasteiger partial charge in [-0.2, -0.15) is 0 Å². The molecule has 0 heterocycles. The molecule has 1 N–H and O–H groups in total. The van der Waals surface area contributed by atoms with Crippen LogP contribution < -0.4 is 9.47 Å². The van der Waals surface area contributed by atoms with Gasteiger partial charge in [-0.3, -0.25) is 0 Å². The first kappa shape index (κ1) is 17.8. The van der Waals surface area contributed by atoms with Crippen molar-refractivity contribution in [1.82, 2.24) is 4.90 Å². The van der Waals surface area contributed by atoms with E-state index in [2.05, 4.69) is 0 Å². The highest BCUT2D eigenvalue weighted by molar-refractivity contribution is 5.65. The molecule has 0 saturated heterocycles. The number of ether oxygens (including phenoxy) is 2. The second kappa shape index (κ2) is 9.65. The summed E-state index contributed by atoms with van der Waals surface area (Å²) in [6.45, 7) is 0.694. The molecule has 0 aliphatic rings. The van der Waals surface area contributed by atoms with E-state index < -0.39 is 6.09 Å². The zero-order valence-electron chi connectivity index (χ0n) is 13.1. The number of hydrogen-bond donors (Lipinski definition) is 1. The second-order valence-corrected chi connectivity index (χ2v) is 4.90. The van der Waals surface area contributed by atoms with E-state index in [9.17, 15) is 14.7 Å². The maximum Gasteiger partial charge on any atom is 0.407 e. The Morgan fingerprint density at radius 3 is 2.59 bits per heavy atom. The molecule has 1 rings (SSSR count). The maximum atomic E-state index is 11.4. The van der Waals surface area contributed by atoms with Gasteiger partial charge in [-0.1, -0.05) is 6.42 Å². The van der Waals surface area contributed by atoms with Crippen LogP contribution in [-0.2, 0) is 11.3 Å². The molecule has 0 saturated carbocycles. The summed E-state index contributed by atoms with van der Waals surface area (Å²) in [7, 11) is 3.11. The largest absolute Gasteiger partial charge is 0.497 e. The Morgan fingerprint density at radius 2 is 2.00 bits per heavy atom. The highest BCUT2D eigenvalue weighted by Gasteiger charge is 2.15. The third-order valence-electron chi connectivity index (χ3n) is 3.38. The molecule has 0 aliphatic carbocycles. The van der Waals surface area contributed by atoms with E-state index in [1.807, 2.05) is 0 Å². The SMILES string of the molecule is COc1ccc(CN(CCCCCC=O)C(=O)O)c(OC)c1. The summed E-state index contributed by atoms with van der Waals surface area (Å²) in [5.41, 5.74) is 0.790. The van der Waals surface area contributed by atoms with E-state index in [1.165, 1.54) is 4.90 Å². The lowest BCUT2D eigenvalue weighted by molar-refractivity contribution is -0.107. The van der Waals surface area contributed by atoms with E-state index in [-0.39, 0.29) is 6.54 Å². The van der Waals surface area contributed by atoms with Gasteiger partial charge in [0, 0.05) is 24.6 Å². The number of methoxy groups -OCH3 is 2. The van der Waals surface area contributed by atoms with E-state index in [1.54, 1.807) is 32.4 Å². The molecule has 1 aromatic rings. The van der Waals surface area contributed by atoms with Crippen LogP contribution in [0.1, 0.15) is 31.2 Å². The smallest absolute Gasteiger partial charge is 0.407 e. The number of carbonyl (C=O) groups excluding carboxylic acids is 1. The van der Waals surface area contributed by atoms with Gasteiger partial charge in [0.15, 0.2) is 0 Å². The Hall–Kier alpha value is -2.24. The number of hydrogen-bond acceptors (Lipinski definition) is 4. The van der Waals surface area contributed by atoms with E-state index in [0.29, 0.717) is 24.5 Å². The molecule has 0 unspecified atom stereocenters. The average Bonchev–Trinajstić information content (AvgIpc) is 2.53. The maximum absolute atomic E-state index is 11.4. The molecule has 1 amide bonds. The summed E-state index contributed by atoms with van der Waals surface area (Å²) < 4.78 is 10.4. The number of unbranched alkanes of at least 4 members (excludes halogenated alkanes) is 3. The lowest BCUT2D eigenvalue weighted by Crippen LogP contribution is -2.30. The Morgan fingerprint density at radius 1 is 1.23 bits per heavy atom. The summed E-state index contributed by atoms with van der Waals surface area (Å²) in [5.74, 6) is 1.27. The molecule has 6 heteroatoms. The Kier molecular flexibility index (Phi) is 7.81. The molecule has 0 bridgehead atoms. The third kappa shape index (κ3) is 5.63. The van der Waals surface area contributed by atoms with Gasteiger partial charge in [-0.05, 0) is 25.0 Å². The van der Waals surface area contributed by atoms with Gasteiger partial charge in [0.2, 0.25) is 0 Å². The lowest BCUT2D eigenvalue weighted by Gasteiger charge is -2.20. The molecule has 0 spiro atoms. The van der Waals surface area contributed by atoms with Crippen LogP contribution in [0.4, 0.5) is 4.79 Å². The Labute approximate surface area is 130 Å². The second-order valence-electron chi connectivity index (χ2n) is 4.90. The minimum Gasteiger partial charge on any atom is -0.497 e. The van der Waals surface area contributed by atoms with Gasteiger partial charge in [0.25, 0.3) is 0 Å². The monoisotopic (exact) mass is 309 g/mol. The van der Waals surface area contributed by atoms with Gasteiger partial charge < -0.3 is 24.3 Å². The van der Waals surface area contributed by atoms with Crippen molar-refractivity contribution in [2.45, 2.75) is 32.2 Å². The highest BCUT2D eigenvalue weighted by atomic mass is 16.5. The van der Waals surface area contributed by atoms with Crippen LogP contribution in [0, 0.1) is 0 Å². The molecular weight excluding hydrogens is 286 g/mol. The summed E-state index contributed by atoms with van der Waals surface area (Å²) in [4.78, 5) is 22.9. The number of benzene rings is 1. The van der Waals surface area contributed by atoms with Crippen molar-refractivity contribution in [3.05, 3.63) is 23.8 Å². The summed E-state index contributed by atoms with van der Waals surface area (Å²) in [5, 5.41) is 9.31. The molecule has 22 heavy (non-hydrogen) atoms. The molecule has 0 atom stereocenters. The van der Waals surface area contributed by atoms with Crippen molar-refractivity contribution in [1.29, 1.82) is 0 Å². The number of aldehydes is 1. The standard InChI is InChI=1S/C16H23NO5/c1-21-14-8-7-13(15(11-14)22-2)12-17(16(19)20)9-5-3-4-6-10-18/h7-8,10-11H,3-6,9,12H2,1-2H3,(H,19,20). The number of carbonyl (C=O) groups is 2. The Bertz CT molecular complexity index is 489. The first-order valence-electron chi connectivity index (χ1n) is 7.24. The average molecular weight is 309 g/mol. The van der Waals surface area contributed by atoms with Crippen LogP contribution in [0.2, 0.25) is 0 Å². The topological polar surface area (TPSA) is 76.1 Å². The van der Waals surface area contributed by atoms with Crippen LogP contribution >= 0.6 is 0 Å². The van der Waals surface area contributed by atoms with Gasteiger partial charge in [0.05, 0.1) is 20.8 Å². The highest BCUT2D eigenvalue weighted by Crippen LogP contribution is 2.25. The molecule has 0 fully saturated rings. The first-order valence-corrected chi connectivity index (χ1v) is 7.24. The van der Waals surface area contributed by atoms with Crippen LogP contribution in [0.5, 0.6) is 11.5 Å². The minimum absolute atomic E-state index is 0.260. The Balaban J connectivity index is 2.66. The molecule has 6 nitrogen and oxygen atoms in total. The molecule has 122 valence electrons. The summed E-state index contributed by atoms with van der Waals surface area (Å²) >= 11 is 0. The molecular formula is C16H23NO5. The normalized spacial score (nSPS) is 10.1. The zero-order valence-corrected chi connectivity index (χ0v) is 13.1. The lowest BCUT2D eigenvalue weighted by atomic mass is 10.1. The summed E-state index contributed by atoms with van der Waals surface area (Å²) in [6.07, 6.45) is 2.81.